The highest BCUT2D eigenvalue weighted by atomic mass is 32.1. The van der Waals surface area contributed by atoms with Gasteiger partial charge >= 0.3 is 6.03 Å². The third kappa shape index (κ3) is 4.86. The maximum atomic E-state index is 14.6. The first-order valence-corrected chi connectivity index (χ1v) is 14.1. The summed E-state index contributed by atoms with van der Waals surface area (Å²) in [5, 5.41) is 9.45. The van der Waals surface area contributed by atoms with Crippen LogP contribution in [0.5, 0.6) is 11.5 Å². The summed E-state index contributed by atoms with van der Waals surface area (Å²) in [5.74, 6) is 1.01. The molecule has 204 valence electrons. The summed E-state index contributed by atoms with van der Waals surface area (Å²) in [6.45, 7) is 3.45. The Morgan fingerprint density at radius 2 is 1.85 bits per heavy atom. The molecule has 4 amide bonds. The molecule has 6 rings (SSSR count). The number of hydrogen-bond acceptors (Lipinski definition) is 6. The maximum absolute atomic E-state index is 14.6. The quantitative estimate of drug-likeness (QED) is 0.253. The molecule has 0 bridgehead atoms. The van der Waals surface area contributed by atoms with E-state index in [-0.39, 0.29) is 23.9 Å². The molecule has 1 aliphatic carbocycles. The lowest BCUT2D eigenvalue weighted by molar-refractivity contribution is -0.120. The lowest BCUT2D eigenvalue weighted by atomic mass is 9.88. The molecule has 2 atom stereocenters. The Morgan fingerprint density at radius 3 is 2.62 bits per heavy atom. The van der Waals surface area contributed by atoms with Gasteiger partial charge in [-0.2, -0.15) is 0 Å². The molecule has 0 spiro atoms. The number of amides is 4. The molecule has 3 N–H and O–H groups in total. The summed E-state index contributed by atoms with van der Waals surface area (Å²) < 4.78 is 6.05. The molecule has 3 heterocycles. The van der Waals surface area contributed by atoms with Crippen molar-refractivity contribution in [2.45, 2.75) is 51.6 Å². The molecule has 0 saturated heterocycles. The fourth-order valence-electron chi connectivity index (χ4n) is 5.65. The number of hydrogen-bond donors (Lipinski definition) is 3. The summed E-state index contributed by atoms with van der Waals surface area (Å²) in [5.41, 5.74) is 2.67. The summed E-state index contributed by atoms with van der Waals surface area (Å²) in [7, 11) is 0. The SMILES string of the molecule is CC(=O)N[C@@H]1CCCC[C@@H]1N(C(=O)c1sc2nccc3c2c1NC(=O)N3)c1ccc(Oc2ccccc2)cc1C. The van der Waals surface area contributed by atoms with Crippen molar-refractivity contribution in [2.24, 2.45) is 0 Å². The van der Waals surface area contributed by atoms with E-state index >= 15 is 0 Å². The van der Waals surface area contributed by atoms with Gasteiger partial charge in [0.2, 0.25) is 5.91 Å². The Balaban J connectivity index is 1.45. The van der Waals surface area contributed by atoms with Crippen LogP contribution in [0.3, 0.4) is 0 Å². The third-order valence-corrected chi connectivity index (χ3v) is 8.43. The van der Waals surface area contributed by atoms with E-state index in [1.807, 2.05) is 55.5 Å². The second-order valence-electron chi connectivity index (χ2n) is 10.1. The molecule has 40 heavy (non-hydrogen) atoms. The Kier molecular flexibility index (Phi) is 6.85. The van der Waals surface area contributed by atoms with Crippen LogP contribution in [0.25, 0.3) is 10.2 Å². The van der Waals surface area contributed by atoms with E-state index in [0.717, 1.165) is 48.1 Å². The Labute approximate surface area is 235 Å². The van der Waals surface area contributed by atoms with E-state index in [1.54, 1.807) is 17.2 Å². The molecule has 2 aliphatic rings. The van der Waals surface area contributed by atoms with Gasteiger partial charge in [-0.05, 0) is 61.7 Å². The number of urea groups is 1. The van der Waals surface area contributed by atoms with Crippen LogP contribution in [-0.2, 0) is 4.79 Å². The first-order valence-electron chi connectivity index (χ1n) is 13.3. The summed E-state index contributed by atoms with van der Waals surface area (Å²) in [4.78, 5) is 46.5. The predicted molar refractivity (Wildman–Crippen MR) is 157 cm³/mol. The lowest BCUT2D eigenvalue weighted by Crippen LogP contribution is -2.55. The molecule has 9 nitrogen and oxygen atoms in total. The number of nitrogens with one attached hydrogen (secondary N) is 3. The van der Waals surface area contributed by atoms with E-state index in [2.05, 4.69) is 20.9 Å². The molecule has 0 radical (unpaired) electrons. The van der Waals surface area contributed by atoms with Gasteiger partial charge in [-0.15, -0.1) is 11.3 Å². The zero-order valence-corrected chi connectivity index (χ0v) is 23.0. The second-order valence-corrected chi connectivity index (χ2v) is 11.1. The number of aryl methyl sites for hydroxylation is 1. The third-order valence-electron chi connectivity index (χ3n) is 7.35. The van der Waals surface area contributed by atoms with Crippen LogP contribution in [0.4, 0.5) is 21.9 Å². The summed E-state index contributed by atoms with van der Waals surface area (Å²) in [6, 6.07) is 16.0. The van der Waals surface area contributed by atoms with Gasteiger partial charge in [-0.25, -0.2) is 9.78 Å². The average Bonchev–Trinajstić information content (AvgIpc) is 3.30. The average molecular weight is 556 g/mol. The predicted octanol–water partition coefficient (Wildman–Crippen LogP) is 6.45. The molecule has 4 aromatic rings. The standard InChI is InChI=1S/C30H29N5O4S/c1-17-16-20(39-19-8-4-3-5-9-19)12-13-23(17)35(24-11-7-6-10-21(24)32-18(2)36)29(37)27-26-25-22(33-30(38)34-26)14-15-31-28(25)40-27/h3-5,8-9,12-16,21,24H,6-7,10-11H2,1-2H3,(H,32,36)(H2,33,34,38)/t21-,24+/m1/s1. The van der Waals surface area contributed by atoms with Crippen molar-refractivity contribution < 1.29 is 19.1 Å². The van der Waals surface area contributed by atoms with E-state index in [1.165, 1.54) is 18.3 Å². The van der Waals surface area contributed by atoms with Gasteiger partial charge in [0.25, 0.3) is 5.91 Å². The van der Waals surface area contributed by atoms with Gasteiger partial charge in [0.1, 0.15) is 21.2 Å². The topological polar surface area (TPSA) is 113 Å². The maximum Gasteiger partial charge on any atom is 0.323 e. The fraction of sp³-hybridized carbons (Fsp3) is 0.267. The van der Waals surface area contributed by atoms with Crippen LogP contribution in [0.2, 0.25) is 0 Å². The number of carbonyl (C=O) groups is 3. The van der Waals surface area contributed by atoms with Gasteiger partial charge < -0.3 is 25.6 Å². The molecule has 1 saturated carbocycles. The Hall–Kier alpha value is -4.44. The monoisotopic (exact) mass is 555 g/mol. The van der Waals surface area contributed by atoms with Crippen molar-refractivity contribution in [1.82, 2.24) is 10.3 Å². The smallest absolute Gasteiger partial charge is 0.323 e. The number of nitrogens with zero attached hydrogens (tertiary/aromatic N) is 2. The lowest BCUT2D eigenvalue weighted by Gasteiger charge is -2.40. The molecule has 2 aromatic carbocycles. The minimum Gasteiger partial charge on any atom is -0.457 e. The molecule has 10 heteroatoms. The molecule has 2 aromatic heterocycles. The van der Waals surface area contributed by atoms with Crippen LogP contribution in [-0.4, -0.2) is 34.9 Å². The fourth-order valence-corrected chi connectivity index (χ4v) is 6.71. The van der Waals surface area contributed by atoms with Crippen molar-refractivity contribution >= 4 is 56.5 Å². The summed E-state index contributed by atoms with van der Waals surface area (Å²) >= 11 is 1.26. The first-order chi connectivity index (χ1) is 19.4. The molecule has 1 aliphatic heterocycles. The molecule has 0 unspecified atom stereocenters. The van der Waals surface area contributed by atoms with E-state index in [0.29, 0.717) is 26.8 Å². The zero-order valence-electron chi connectivity index (χ0n) is 22.2. The minimum absolute atomic E-state index is 0.128. The molecule has 1 fully saturated rings. The summed E-state index contributed by atoms with van der Waals surface area (Å²) in [6.07, 6.45) is 5.03. The largest absolute Gasteiger partial charge is 0.457 e. The number of benzene rings is 2. The van der Waals surface area contributed by atoms with E-state index in [4.69, 9.17) is 4.74 Å². The van der Waals surface area contributed by atoms with Crippen LogP contribution < -0.4 is 25.6 Å². The van der Waals surface area contributed by atoms with Crippen molar-refractivity contribution in [1.29, 1.82) is 0 Å². The number of thiophene rings is 1. The highest BCUT2D eigenvalue weighted by Gasteiger charge is 2.38. The number of anilines is 3. The van der Waals surface area contributed by atoms with E-state index < -0.39 is 6.03 Å². The van der Waals surface area contributed by atoms with Crippen LogP contribution in [0.1, 0.15) is 47.8 Å². The van der Waals surface area contributed by atoms with Crippen molar-refractivity contribution in [2.75, 3.05) is 15.5 Å². The Bertz CT molecular complexity index is 1620. The van der Waals surface area contributed by atoms with Crippen LogP contribution in [0, 0.1) is 6.92 Å². The number of para-hydroxylation sites is 1. The minimum atomic E-state index is -0.397. The number of aromatic nitrogens is 1. The van der Waals surface area contributed by atoms with Gasteiger partial charge in [0.05, 0.1) is 22.8 Å². The van der Waals surface area contributed by atoms with Crippen LogP contribution >= 0.6 is 11.3 Å². The van der Waals surface area contributed by atoms with Gasteiger partial charge in [0.15, 0.2) is 0 Å². The highest BCUT2D eigenvalue weighted by Crippen LogP contribution is 2.43. The van der Waals surface area contributed by atoms with E-state index in [9.17, 15) is 14.4 Å². The highest BCUT2D eigenvalue weighted by molar-refractivity contribution is 7.21. The number of pyridine rings is 1. The molecular weight excluding hydrogens is 526 g/mol. The Morgan fingerprint density at radius 1 is 1.05 bits per heavy atom. The first kappa shape index (κ1) is 25.8. The van der Waals surface area contributed by atoms with Crippen molar-refractivity contribution in [3.05, 3.63) is 71.2 Å². The van der Waals surface area contributed by atoms with Crippen molar-refractivity contribution in [3.63, 3.8) is 0 Å². The number of carbonyl (C=O) groups excluding carboxylic acids is 3. The second kappa shape index (κ2) is 10.6. The molecular formula is C30H29N5O4S. The van der Waals surface area contributed by atoms with Gasteiger partial charge in [-0.3, -0.25) is 9.59 Å². The van der Waals surface area contributed by atoms with Crippen molar-refractivity contribution in [3.8, 4) is 11.5 Å². The van der Waals surface area contributed by atoms with Crippen LogP contribution in [0.15, 0.2) is 60.8 Å². The number of ether oxygens (including phenoxy) is 1. The van der Waals surface area contributed by atoms with Gasteiger partial charge in [-0.1, -0.05) is 31.0 Å². The zero-order chi connectivity index (χ0) is 27.8. The normalized spacial score (nSPS) is 18.0. The number of rotatable bonds is 6. The van der Waals surface area contributed by atoms with Gasteiger partial charge in [0, 0.05) is 24.8 Å².